The van der Waals surface area contributed by atoms with Crippen molar-refractivity contribution in [1.82, 2.24) is 0 Å². The van der Waals surface area contributed by atoms with Crippen LogP contribution in [0.5, 0.6) is 0 Å². The Morgan fingerprint density at radius 3 is 0.523 bits per heavy atom. The predicted octanol–water partition coefficient (Wildman–Crippen LogP) is 8.72. The van der Waals surface area contributed by atoms with Crippen LogP contribution in [-0.2, 0) is 13.3 Å². The molecule has 0 radical (unpaired) electrons. The summed E-state index contributed by atoms with van der Waals surface area (Å²) in [5, 5.41) is 0. The van der Waals surface area contributed by atoms with Gasteiger partial charge < -0.3 is 13.3 Å². The van der Waals surface area contributed by atoms with E-state index < -0.39 is 81.1 Å². The second-order valence-electron chi connectivity index (χ2n) is 7.28. The molecule has 0 aromatic heterocycles. The van der Waals surface area contributed by atoms with Gasteiger partial charge in [-0.1, -0.05) is 0 Å². The van der Waals surface area contributed by atoms with Crippen LogP contribution in [0.3, 0.4) is 0 Å². The number of rotatable bonds is 8. The van der Waals surface area contributed by atoms with Crippen LogP contribution in [0.2, 0.25) is 0 Å². The van der Waals surface area contributed by atoms with Crippen molar-refractivity contribution in [2.45, 2.75) is 72.3 Å². The largest absolute Gasteiger partial charge is 0.590 e. The van der Waals surface area contributed by atoms with E-state index >= 15 is 0 Å². The Bertz CT molecular complexity index is 862. The molecule has 3 nitrogen and oxygen atoms in total. The second kappa shape index (κ2) is 10.6. The van der Waals surface area contributed by atoms with Crippen LogP contribution in [0.15, 0.2) is 0 Å². The van der Waals surface area contributed by atoms with E-state index in [0.29, 0.717) is 0 Å². The van der Waals surface area contributed by atoms with Gasteiger partial charge in [-0.25, -0.2) is 0 Å². The highest BCUT2D eigenvalue weighted by Crippen LogP contribution is 2.61. The molecule has 0 spiro atoms. The zero-order chi connectivity index (χ0) is 36.6. The lowest BCUT2D eigenvalue weighted by Gasteiger charge is -2.47. The molecule has 0 atom stereocenters. The molecule has 0 heterocycles. The van der Waals surface area contributed by atoms with Gasteiger partial charge in [-0.3, -0.25) is 0 Å². The quantitative estimate of drug-likeness (QED) is 0.184. The molecule has 0 aliphatic heterocycles. The van der Waals surface area contributed by atoms with Crippen molar-refractivity contribution in [3.8, 4) is 0 Å². The molecule has 0 aliphatic carbocycles. The summed E-state index contributed by atoms with van der Waals surface area (Å²) >= 11 is 0. The Kier molecular flexibility index (Phi) is 10.1. The minimum Gasteiger partial charge on any atom is -0.322 e. The van der Waals surface area contributed by atoms with Crippen LogP contribution >= 0.6 is 0 Å². The maximum Gasteiger partial charge on any atom is 0.590 e. The Balaban J connectivity index is 8.98. The first-order valence-corrected chi connectivity index (χ1v) is 10.5. The summed E-state index contributed by atoms with van der Waals surface area (Å²) in [6.45, 7) is 0. The summed E-state index contributed by atoms with van der Waals surface area (Å²) in [6, 6.07) is 0. The molecule has 0 fully saturated rings. The van der Waals surface area contributed by atoms with Gasteiger partial charge >= 0.3 is 81.1 Å². The number of hydrogen-bond acceptors (Lipinski definition) is 3. The van der Waals surface area contributed by atoms with E-state index in [1.165, 1.54) is 0 Å². The van der Waals surface area contributed by atoms with Crippen molar-refractivity contribution in [3.63, 3.8) is 0 Å². The highest BCUT2D eigenvalue weighted by Gasteiger charge is 2.95. The Labute approximate surface area is 218 Å². The molecule has 0 aliphatic rings. The zero-order valence-electron chi connectivity index (χ0n) is 18.3. The van der Waals surface area contributed by atoms with E-state index in [4.69, 9.17) is 0 Å². The lowest BCUT2D eigenvalue weighted by molar-refractivity contribution is -0.465. The molecule has 0 saturated carbocycles. The third-order valence-corrected chi connectivity index (χ3v) is 6.88. The molecule has 32 heteroatoms. The van der Waals surface area contributed by atoms with Crippen molar-refractivity contribution in [3.05, 3.63) is 0 Å². The lowest BCUT2D eigenvalue weighted by atomic mass is 10.3. The smallest absolute Gasteiger partial charge is 0.322 e. The molecule has 0 aromatic carbocycles. The molecule has 0 unspecified atom stereocenters. The fraction of sp³-hybridized carbons (Fsp3) is 1.00. The van der Waals surface area contributed by atoms with Crippen LogP contribution in [0.25, 0.3) is 0 Å². The molecular weight excluding hydrogens is 752 g/mol. The normalized spacial score (nSPS) is 16.9. The first-order chi connectivity index (χ1) is 18.4. The first-order valence-electron chi connectivity index (χ1n) is 8.77. The molecule has 0 N–H and O–H groups in total. The Morgan fingerprint density at radius 1 is 0.250 bits per heavy atom. The monoisotopic (exact) mass is 752 g/mol. The molecule has 266 valence electrons. The number of alkyl halides is 28. The van der Waals surface area contributed by atoms with Crippen LogP contribution < -0.4 is 0 Å². The molecule has 44 heavy (non-hydrogen) atoms. The van der Waals surface area contributed by atoms with Gasteiger partial charge in [-0.05, 0) is 0 Å². The van der Waals surface area contributed by atoms with Crippen molar-refractivity contribution in [2.75, 3.05) is 0 Å². The first kappa shape index (κ1) is 42.1. The van der Waals surface area contributed by atoms with E-state index in [0.717, 1.165) is 13.3 Å². The van der Waals surface area contributed by atoms with Crippen LogP contribution in [0.1, 0.15) is 0 Å². The third kappa shape index (κ3) is 6.52. The minimum atomic E-state index is -12.1. The van der Waals surface area contributed by atoms with Gasteiger partial charge in [-0.15, -0.1) is 0 Å². The average molecular weight is 752 g/mol. The average Bonchev–Trinajstić information content (AvgIpc) is 2.67. The number of halogens is 28. The molecule has 0 saturated heterocycles. The number of hydrogen-bond donors (Lipinski definition) is 0. The fourth-order valence-electron chi connectivity index (χ4n) is 2.01. The summed E-state index contributed by atoms with van der Waals surface area (Å²) in [5.41, 5.74) is -9.69. The SMILES string of the molecule is FC(F)(F)C(F)(F)C(F)(F)[Si](OC(F)(C(F)(F)F)C(F)(F)F)(OC(F)(C(F)(F)F)C(F)(F)F)OC(F)(C(F)(F)F)C(F)(F)F. The van der Waals surface area contributed by atoms with E-state index in [2.05, 4.69) is 0 Å². The van der Waals surface area contributed by atoms with Crippen LogP contribution in [-0.4, -0.2) is 81.1 Å². The van der Waals surface area contributed by atoms with Crippen LogP contribution in [0, 0.1) is 0 Å². The molecule has 0 aromatic rings. The minimum absolute atomic E-state index is 1.04. The van der Waals surface area contributed by atoms with E-state index in [9.17, 15) is 123 Å². The maximum atomic E-state index is 14.4. The highest BCUT2D eigenvalue weighted by molar-refractivity contribution is 6.64. The van der Waals surface area contributed by atoms with Gasteiger partial charge in [0.05, 0.1) is 0 Å². The molecule has 0 amide bonds. The van der Waals surface area contributed by atoms with E-state index in [-0.39, 0.29) is 0 Å². The zero-order valence-corrected chi connectivity index (χ0v) is 19.3. The third-order valence-electron chi connectivity index (χ3n) is 4.15. The summed E-state index contributed by atoms with van der Waals surface area (Å²) in [7, 11) is -12.1. The maximum absolute atomic E-state index is 14.4. The standard InChI is InChI=1S/C12F28O3Si/c13-1(14,5(18,19)20)12(39,40)44(41-2(15,6(21,22)23)7(24,25)26,42-3(16,8(27,28)29)9(30,31)32)43-4(17,10(33,34)35)11(36,37)38. The topological polar surface area (TPSA) is 27.7 Å². The summed E-state index contributed by atoms with van der Waals surface area (Å²) in [6.07, 6.45) is -61.1. The summed E-state index contributed by atoms with van der Waals surface area (Å²) in [5.74, 6) is -36.5. The Hall–Kier alpha value is -1.86. The summed E-state index contributed by atoms with van der Waals surface area (Å²) in [4.78, 5) is 0. The lowest BCUT2D eigenvalue weighted by Crippen LogP contribution is -2.81. The molecule has 0 bridgehead atoms. The Morgan fingerprint density at radius 2 is 0.409 bits per heavy atom. The summed E-state index contributed by atoms with van der Waals surface area (Å²) < 4.78 is 370. The van der Waals surface area contributed by atoms with Gasteiger partial charge in [-0.2, -0.15) is 123 Å². The van der Waals surface area contributed by atoms with Gasteiger partial charge in [0.1, 0.15) is 0 Å². The van der Waals surface area contributed by atoms with Gasteiger partial charge in [0.25, 0.3) is 0 Å². The van der Waals surface area contributed by atoms with Crippen LogP contribution in [0.4, 0.5) is 123 Å². The van der Waals surface area contributed by atoms with E-state index in [1.807, 2.05) is 0 Å². The van der Waals surface area contributed by atoms with Crippen molar-refractivity contribution < 1.29 is 136 Å². The van der Waals surface area contributed by atoms with Gasteiger partial charge in [0, 0.05) is 0 Å². The van der Waals surface area contributed by atoms with Crippen molar-refractivity contribution in [1.29, 1.82) is 0 Å². The van der Waals surface area contributed by atoms with Crippen molar-refractivity contribution >= 4 is 8.80 Å². The van der Waals surface area contributed by atoms with Gasteiger partial charge in [0.15, 0.2) is 0 Å². The molecule has 0 rings (SSSR count). The van der Waals surface area contributed by atoms with E-state index in [1.54, 1.807) is 0 Å². The van der Waals surface area contributed by atoms with Crippen molar-refractivity contribution in [2.24, 2.45) is 0 Å². The highest BCUT2D eigenvalue weighted by atomic mass is 28.4. The fourth-order valence-corrected chi connectivity index (χ4v) is 4.85. The predicted molar refractivity (Wildman–Crippen MR) is 72.8 cm³/mol. The molecular formula is C12F28O3Si. The van der Waals surface area contributed by atoms with Gasteiger partial charge in [0.2, 0.25) is 0 Å². The second-order valence-corrected chi connectivity index (χ2v) is 9.63.